The van der Waals surface area contributed by atoms with Gasteiger partial charge in [-0.1, -0.05) is 18.5 Å². The molecule has 94 valence electrons. The van der Waals surface area contributed by atoms with Crippen molar-refractivity contribution < 1.29 is 4.79 Å². The van der Waals surface area contributed by atoms with Gasteiger partial charge in [-0.05, 0) is 54.1 Å². The highest BCUT2D eigenvalue weighted by molar-refractivity contribution is 14.1. The first kappa shape index (κ1) is 14.6. The molecule has 0 aliphatic rings. The van der Waals surface area contributed by atoms with Crippen LogP contribution in [0.4, 0.5) is 5.69 Å². The van der Waals surface area contributed by atoms with Crippen LogP contribution in [0.5, 0.6) is 0 Å². The lowest BCUT2D eigenvalue weighted by atomic mass is 10.2. The average molecular weight is 367 g/mol. The molecule has 0 fully saturated rings. The molecule has 0 spiro atoms. The first-order valence-corrected chi connectivity index (χ1v) is 6.99. The quantitative estimate of drug-likeness (QED) is 0.785. The summed E-state index contributed by atoms with van der Waals surface area (Å²) >= 11 is 8.07. The predicted molar refractivity (Wildman–Crippen MR) is 80.6 cm³/mol. The van der Waals surface area contributed by atoms with Crippen molar-refractivity contribution in [2.24, 2.45) is 0 Å². The van der Waals surface area contributed by atoms with Gasteiger partial charge < -0.3 is 10.6 Å². The van der Waals surface area contributed by atoms with Crippen molar-refractivity contribution in [1.29, 1.82) is 0 Å². The van der Waals surface area contributed by atoms with E-state index in [0.717, 1.165) is 15.7 Å². The lowest BCUT2D eigenvalue weighted by Crippen LogP contribution is -2.38. The number of rotatable bonds is 5. The normalized spacial score (nSPS) is 12.0. The number of carbonyl (C=O) groups is 1. The Hall–Kier alpha value is -0.490. The predicted octanol–water partition coefficient (Wildman–Crippen LogP) is 3.27. The summed E-state index contributed by atoms with van der Waals surface area (Å²) in [5, 5.41) is 6.72. The van der Waals surface area contributed by atoms with E-state index >= 15 is 0 Å². The van der Waals surface area contributed by atoms with Gasteiger partial charge in [0, 0.05) is 20.8 Å². The molecular formula is C12H16ClIN2O. The molecule has 2 N–H and O–H groups in total. The summed E-state index contributed by atoms with van der Waals surface area (Å²) in [7, 11) is 0. The molecule has 1 amide bonds. The molecular weight excluding hydrogens is 351 g/mol. The number of benzene rings is 1. The standard InChI is InChI=1S/C12H16ClIN2O/c1-3-6-15-12(17)8(2)16-11-5-4-9(13)7-10(11)14/h4-5,7-8,16H,3,6H2,1-2H3,(H,15,17). The van der Waals surface area contributed by atoms with Crippen LogP contribution in [0.25, 0.3) is 0 Å². The zero-order valence-corrected chi connectivity index (χ0v) is 12.8. The fourth-order valence-corrected chi connectivity index (χ4v) is 2.33. The van der Waals surface area contributed by atoms with Gasteiger partial charge in [-0.15, -0.1) is 0 Å². The van der Waals surface area contributed by atoms with E-state index in [9.17, 15) is 4.79 Å². The van der Waals surface area contributed by atoms with Crippen molar-refractivity contribution >= 4 is 45.8 Å². The highest BCUT2D eigenvalue weighted by atomic mass is 127. The summed E-state index contributed by atoms with van der Waals surface area (Å²) in [4.78, 5) is 11.7. The van der Waals surface area contributed by atoms with Crippen molar-refractivity contribution in [1.82, 2.24) is 5.32 Å². The highest BCUT2D eigenvalue weighted by Gasteiger charge is 2.12. The third kappa shape index (κ3) is 4.71. The van der Waals surface area contributed by atoms with Crippen LogP contribution in [0, 0.1) is 3.57 Å². The van der Waals surface area contributed by atoms with E-state index in [1.807, 2.05) is 32.0 Å². The third-order valence-corrected chi connectivity index (χ3v) is 3.37. The Bertz CT molecular complexity index is 398. The van der Waals surface area contributed by atoms with Gasteiger partial charge in [-0.2, -0.15) is 0 Å². The SMILES string of the molecule is CCCNC(=O)C(C)Nc1ccc(Cl)cc1I. The number of hydrogen-bond donors (Lipinski definition) is 2. The Balaban J connectivity index is 2.61. The number of carbonyl (C=O) groups excluding carboxylic acids is 1. The van der Waals surface area contributed by atoms with Gasteiger partial charge >= 0.3 is 0 Å². The second-order valence-corrected chi connectivity index (χ2v) is 5.38. The van der Waals surface area contributed by atoms with E-state index in [-0.39, 0.29) is 11.9 Å². The molecule has 0 saturated carbocycles. The third-order valence-electron chi connectivity index (χ3n) is 2.25. The van der Waals surface area contributed by atoms with E-state index in [1.54, 1.807) is 0 Å². The molecule has 0 heterocycles. The van der Waals surface area contributed by atoms with Crippen molar-refractivity contribution in [3.8, 4) is 0 Å². The molecule has 0 radical (unpaired) electrons. The topological polar surface area (TPSA) is 41.1 Å². The molecule has 17 heavy (non-hydrogen) atoms. The van der Waals surface area contributed by atoms with E-state index in [0.29, 0.717) is 11.6 Å². The summed E-state index contributed by atoms with van der Waals surface area (Å²) in [5.74, 6) is 0.0117. The molecule has 0 aliphatic heterocycles. The molecule has 1 atom stereocenters. The molecule has 0 aliphatic carbocycles. The van der Waals surface area contributed by atoms with E-state index in [2.05, 4.69) is 33.2 Å². The van der Waals surface area contributed by atoms with Crippen molar-refractivity contribution in [3.05, 3.63) is 26.8 Å². The maximum Gasteiger partial charge on any atom is 0.242 e. The number of hydrogen-bond acceptors (Lipinski definition) is 2. The summed E-state index contributed by atoms with van der Waals surface area (Å²) in [6.45, 7) is 4.58. The number of nitrogens with one attached hydrogen (secondary N) is 2. The average Bonchev–Trinajstić information content (AvgIpc) is 2.29. The summed E-state index contributed by atoms with van der Waals surface area (Å²) in [6, 6.07) is 5.30. The zero-order chi connectivity index (χ0) is 12.8. The van der Waals surface area contributed by atoms with Gasteiger partial charge in [0.2, 0.25) is 5.91 Å². The van der Waals surface area contributed by atoms with E-state index in [4.69, 9.17) is 11.6 Å². The van der Waals surface area contributed by atoms with Gasteiger partial charge in [0.15, 0.2) is 0 Å². The first-order valence-electron chi connectivity index (χ1n) is 5.54. The van der Waals surface area contributed by atoms with Crippen LogP contribution >= 0.6 is 34.2 Å². The molecule has 1 aromatic rings. The fourth-order valence-electron chi connectivity index (χ4n) is 1.31. The Morgan fingerprint density at radius 3 is 2.82 bits per heavy atom. The minimum atomic E-state index is -0.253. The molecule has 1 aromatic carbocycles. The lowest BCUT2D eigenvalue weighted by Gasteiger charge is -2.16. The smallest absolute Gasteiger partial charge is 0.242 e. The molecule has 1 unspecified atom stereocenters. The van der Waals surface area contributed by atoms with Crippen molar-refractivity contribution in [2.45, 2.75) is 26.3 Å². The fraction of sp³-hybridized carbons (Fsp3) is 0.417. The Labute approximate surface area is 120 Å². The van der Waals surface area contributed by atoms with Gasteiger partial charge in [-0.3, -0.25) is 4.79 Å². The minimum Gasteiger partial charge on any atom is -0.373 e. The van der Waals surface area contributed by atoms with E-state index < -0.39 is 0 Å². The summed E-state index contributed by atoms with van der Waals surface area (Å²) in [5.41, 5.74) is 0.925. The molecule has 0 aromatic heterocycles. The number of halogens is 2. The van der Waals surface area contributed by atoms with Crippen LogP contribution in [-0.4, -0.2) is 18.5 Å². The van der Waals surface area contributed by atoms with Crippen LogP contribution in [-0.2, 0) is 4.79 Å². The molecule has 0 saturated heterocycles. The van der Waals surface area contributed by atoms with Crippen LogP contribution in [0.2, 0.25) is 5.02 Å². The Morgan fingerprint density at radius 1 is 1.53 bits per heavy atom. The first-order chi connectivity index (χ1) is 8.04. The minimum absolute atomic E-state index is 0.0117. The van der Waals surface area contributed by atoms with Gasteiger partial charge in [0.05, 0.1) is 0 Å². The second kappa shape index (κ2) is 7.06. The zero-order valence-electron chi connectivity index (χ0n) is 9.89. The molecule has 0 bridgehead atoms. The van der Waals surface area contributed by atoms with Gasteiger partial charge in [-0.25, -0.2) is 0 Å². The summed E-state index contributed by atoms with van der Waals surface area (Å²) < 4.78 is 1.00. The number of amides is 1. The summed E-state index contributed by atoms with van der Waals surface area (Å²) in [6.07, 6.45) is 0.941. The van der Waals surface area contributed by atoms with Crippen molar-refractivity contribution in [2.75, 3.05) is 11.9 Å². The van der Waals surface area contributed by atoms with E-state index in [1.165, 1.54) is 0 Å². The Kier molecular flexibility index (Phi) is 6.05. The second-order valence-electron chi connectivity index (χ2n) is 3.78. The maximum absolute atomic E-state index is 11.7. The van der Waals surface area contributed by atoms with Gasteiger partial charge in [0.1, 0.15) is 6.04 Å². The molecule has 3 nitrogen and oxygen atoms in total. The lowest BCUT2D eigenvalue weighted by molar-refractivity contribution is -0.121. The number of anilines is 1. The van der Waals surface area contributed by atoms with Crippen LogP contribution in [0.1, 0.15) is 20.3 Å². The van der Waals surface area contributed by atoms with Crippen LogP contribution in [0.3, 0.4) is 0 Å². The molecule has 1 rings (SSSR count). The largest absolute Gasteiger partial charge is 0.373 e. The van der Waals surface area contributed by atoms with Gasteiger partial charge in [0.25, 0.3) is 0 Å². The van der Waals surface area contributed by atoms with Crippen LogP contribution in [0.15, 0.2) is 18.2 Å². The van der Waals surface area contributed by atoms with Crippen molar-refractivity contribution in [3.63, 3.8) is 0 Å². The maximum atomic E-state index is 11.7. The Morgan fingerprint density at radius 2 is 2.24 bits per heavy atom. The molecule has 5 heteroatoms. The van der Waals surface area contributed by atoms with Crippen LogP contribution < -0.4 is 10.6 Å². The highest BCUT2D eigenvalue weighted by Crippen LogP contribution is 2.22. The monoisotopic (exact) mass is 366 g/mol.